The lowest BCUT2D eigenvalue weighted by Crippen LogP contribution is -2.55. The van der Waals surface area contributed by atoms with Crippen LogP contribution in [0.4, 0.5) is 0 Å². The summed E-state index contributed by atoms with van der Waals surface area (Å²) in [5, 5.41) is 2.08. The van der Waals surface area contributed by atoms with E-state index in [2.05, 4.69) is 11.4 Å². The van der Waals surface area contributed by atoms with Crippen molar-refractivity contribution in [1.82, 2.24) is 9.80 Å². The van der Waals surface area contributed by atoms with E-state index in [-0.39, 0.29) is 11.9 Å². The highest BCUT2D eigenvalue weighted by molar-refractivity contribution is 7.10. The largest absolute Gasteiger partial charge is 0.367 e. The number of thiophene rings is 1. The Bertz CT molecular complexity index is 574. The highest BCUT2D eigenvalue weighted by atomic mass is 32.1. The van der Waals surface area contributed by atoms with Crippen LogP contribution in [0.3, 0.4) is 0 Å². The standard InChI is InChI=1S/C15H21N3O3S/c1-10(17-5-6-21-12(9-17)14(16)19)15(20)18-4-2-13-11(8-18)3-7-22-13/h3,7,10,12H,2,4-6,8-9H2,1H3,(H2,16,19). The van der Waals surface area contributed by atoms with E-state index < -0.39 is 12.0 Å². The van der Waals surface area contributed by atoms with Crippen molar-refractivity contribution < 1.29 is 14.3 Å². The molecule has 1 aromatic heterocycles. The zero-order chi connectivity index (χ0) is 15.7. The minimum atomic E-state index is -0.617. The molecule has 2 aliphatic heterocycles. The van der Waals surface area contributed by atoms with Crippen molar-refractivity contribution in [3.05, 3.63) is 21.9 Å². The molecule has 0 radical (unpaired) electrons. The number of carbonyl (C=O) groups excluding carboxylic acids is 2. The summed E-state index contributed by atoms with van der Waals surface area (Å²) in [4.78, 5) is 29.3. The summed E-state index contributed by atoms with van der Waals surface area (Å²) < 4.78 is 5.34. The fourth-order valence-electron chi connectivity index (χ4n) is 3.05. The van der Waals surface area contributed by atoms with Crippen LogP contribution in [0.15, 0.2) is 11.4 Å². The molecule has 1 saturated heterocycles. The van der Waals surface area contributed by atoms with Crippen molar-refractivity contribution in [2.24, 2.45) is 5.73 Å². The molecule has 0 saturated carbocycles. The molecule has 22 heavy (non-hydrogen) atoms. The van der Waals surface area contributed by atoms with E-state index in [1.54, 1.807) is 11.3 Å². The van der Waals surface area contributed by atoms with Crippen LogP contribution in [0, 0.1) is 0 Å². The minimum Gasteiger partial charge on any atom is -0.367 e. The fourth-order valence-corrected chi connectivity index (χ4v) is 3.94. The van der Waals surface area contributed by atoms with Crippen LogP contribution in [0.25, 0.3) is 0 Å². The molecule has 1 aromatic rings. The number of primary amides is 1. The van der Waals surface area contributed by atoms with Gasteiger partial charge >= 0.3 is 0 Å². The van der Waals surface area contributed by atoms with E-state index in [1.807, 2.05) is 16.7 Å². The van der Waals surface area contributed by atoms with Gasteiger partial charge in [0.2, 0.25) is 11.8 Å². The van der Waals surface area contributed by atoms with Crippen molar-refractivity contribution in [2.75, 3.05) is 26.2 Å². The second-order valence-electron chi connectivity index (χ2n) is 5.81. The molecule has 120 valence electrons. The maximum absolute atomic E-state index is 12.7. The molecule has 2 N–H and O–H groups in total. The third kappa shape index (κ3) is 3.02. The van der Waals surface area contributed by atoms with Crippen LogP contribution in [-0.2, 0) is 27.3 Å². The van der Waals surface area contributed by atoms with Gasteiger partial charge in [0.05, 0.1) is 12.6 Å². The summed E-state index contributed by atoms with van der Waals surface area (Å²) in [5.41, 5.74) is 6.56. The number of amides is 2. The van der Waals surface area contributed by atoms with Crippen LogP contribution in [0.5, 0.6) is 0 Å². The summed E-state index contributed by atoms with van der Waals surface area (Å²) in [6.07, 6.45) is 0.312. The Labute approximate surface area is 133 Å². The lowest BCUT2D eigenvalue weighted by atomic mass is 10.1. The topological polar surface area (TPSA) is 75.9 Å². The fraction of sp³-hybridized carbons (Fsp3) is 0.600. The smallest absolute Gasteiger partial charge is 0.247 e. The molecule has 0 aliphatic carbocycles. The van der Waals surface area contributed by atoms with Crippen molar-refractivity contribution in [1.29, 1.82) is 0 Å². The predicted octanol–water partition coefficient (Wildman–Crippen LogP) is 0.207. The molecule has 6 nitrogen and oxygen atoms in total. The average molecular weight is 323 g/mol. The quantitative estimate of drug-likeness (QED) is 0.863. The summed E-state index contributed by atoms with van der Waals surface area (Å²) >= 11 is 1.76. The van der Waals surface area contributed by atoms with E-state index in [9.17, 15) is 9.59 Å². The number of hydrogen-bond donors (Lipinski definition) is 1. The first-order valence-electron chi connectivity index (χ1n) is 7.55. The summed E-state index contributed by atoms with van der Waals surface area (Å²) in [7, 11) is 0. The first-order chi connectivity index (χ1) is 10.6. The molecule has 0 aromatic carbocycles. The van der Waals surface area contributed by atoms with Gasteiger partial charge in [0.25, 0.3) is 0 Å². The van der Waals surface area contributed by atoms with Crippen LogP contribution in [0.2, 0.25) is 0 Å². The Morgan fingerprint density at radius 1 is 1.45 bits per heavy atom. The van der Waals surface area contributed by atoms with E-state index >= 15 is 0 Å². The number of ether oxygens (including phenoxy) is 1. The van der Waals surface area contributed by atoms with E-state index in [1.165, 1.54) is 10.4 Å². The second kappa shape index (κ2) is 6.36. The molecule has 2 atom stereocenters. The van der Waals surface area contributed by atoms with Crippen molar-refractivity contribution in [2.45, 2.75) is 32.0 Å². The molecule has 2 aliphatic rings. The van der Waals surface area contributed by atoms with Gasteiger partial charge in [-0.05, 0) is 30.4 Å². The van der Waals surface area contributed by atoms with Crippen LogP contribution < -0.4 is 5.73 Å². The monoisotopic (exact) mass is 323 g/mol. The first kappa shape index (κ1) is 15.5. The molecule has 2 unspecified atom stereocenters. The van der Waals surface area contributed by atoms with Gasteiger partial charge < -0.3 is 15.4 Å². The number of morpholine rings is 1. The van der Waals surface area contributed by atoms with Gasteiger partial charge in [-0.3, -0.25) is 14.5 Å². The SMILES string of the molecule is CC(C(=O)N1CCc2sccc2C1)N1CCOC(C(N)=O)C1. The Kier molecular flexibility index (Phi) is 4.46. The summed E-state index contributed by atoms with van der Waals surface area (Å²) in [6.45, 7) is 4.81. The van der Waals surface area contributed by atoms with E-state index in [4.69, 9.17) is 10.5 Å². The van der Waals surface area contributed by atoms with Crippen molar-refractivity contribution >= 4 is 23.2 Å². The van der Waals surface area contributed by atoms with Gasteiger partial charge in [0.1, 0.15) is 6.10 Å². The number of nitrogens with two attached hydrogens (primary N) is 1. The third-order valence-electron chi connectivity index (χ3n) is 4.44. The molecule has 0 bridgehead atoms. The second-order valence-corrected chi connectivity index (χ2v) is 6.81. The van der Waals surface area contributed by atoms with Crippen molar-refractivity contribution in [3.8, 4) is 0 Å². The number of hydrogen-bond acceptors (Lipinski definition) is 5. The lowest BCUT2D eigenvalue weighted by Gasteiger charge is -2.38. The Morgan fingerprint density at radius 3 is 3.05 bits per heavy atom. The molecule has 7 heteroatoms. The minimum absolute atomic E-state index is 0.113. The highest BCUT2D eigenvalue weighted by Gasteiger charge is 2.33. The molecule has 2 amide bonds. The van der Waals surface area contributed by atoms with Crippen LogP contribution >= 0.6 is 11.3 Å². The Morgan fingerprint density at radius 2 is 2.27 bits per heavy atom. The zero-order valence-electron chi connectivity index (χ0n) is 12.7. The average Bonchev–Trinajstić information content (AvgIpc) is 3.01. The number of rotatable bonds is 3. The molecule has 1 fully saturated rings. The van der Waals surface area contributed by atoms with Gasteiger partial charge in [-0.1, -0.05) is 0 Å². The van der Waals surface area contributed by atoms with E-state index in [0.29, 0.717) is 26.2 Å². The van der Waals surface area contributed by atoms with Gasteiger partial charge in [-0.25, -0.2) is 0 Å². The van der Waals surface area contributed by atoms with Crippen LogP contribution in [-0.4, -0.2) is 60.0 Å². The molecular weight excluding hydrogens is 302 g/mol. The number of fused-ring (bicyclic) bond motifs is 1. The van der Waals surface area contributed by atoms with Gasteiger partial charge in [0, 0.05) is 31.1 Å². The van der Waals surface area contributed by atoms with Crippen molar-refractivity contribution in [3.63, 3.8) is 0 Å². The number of carbonyl (C=O) groups is 2. The molecular formula is C15H21N3O3S. The van der Waals surface area contributed by atoms with E-state index in [0.717, 1.165) is 13.0 Å². The summed E-state index contributed by atoms with van der Waals surface area (Å²) in [6, 6.07) is 1.84. The summed E-state index contributed by atoms with van der Waals surface area (Å²) in [5.74, 6) is -0.354. The third-order valence-corrected chi connectivity index (χ3v) is 5.46. The molecule has 3 heterocycles. The lowest BCUT2D eigenvalue weighted by molar-refractivity contribution is -0.145. The maximum atomic E-state index is 12.7. The van der Waals surface area contributed by atoms with Gasteiger partial charge in [0.15, 0.2) is 0 Å². The van der Waals surface area contributed by atoms with Gasteiger partial charge in [-0.2, -0.15) is 0 Å². The predicted molar refractivity (Wildman–Crippen MR) is 83.4 cm³/mol. The van der Waals surface area contributed by atoms with Crippen LogP contribution in [0.1, 0.15) is 17.4 Å². The maximum Gasteiger partial charge on any atom is 0.247 e. The zero-order valence-corrected chi connectivity index (χ0v) is 13.5. The normalized spacial score (nSPS) is 23.9. The molecule has 3 rings (SSSR count). The molecule has 0 spiro atoms. The Hall–Kier alpha value is -1.44. The highest BCUT2D eigenvalue weighted by Crippen LogP contribution is 2.25. The first-order valence-corrected chi connectivity index (χ1v) is 8.43. The Balaban J connectivity index is 1.63. The van der Waals surface area contributed by atoms with Gasteiger partial charge in [-0.15, -0.1) is 11.3 Å². The number of nitrogens with zero attached hydrogens (tertiary/aromatic N) is 2.